The Kier molecular flexibility index (Phi) is 3.57. The third kappa shape index (κ3) is 3.14. The highest BCUT2D eigenvalue weighted by Gasteiger charge is 2.09. The third-order valence-electron chi connectivity index (χ3n) is 2.39. The number of phenolic OH excluding ortho intramolecular Hbond substituents is 1. The summed E-state index contributed by atoms with van der Waals surface area (Å²) in [6.07, 6.45) is 0. The molecule has 0 aliphatic carbocycles. The number of benzene rings is 2. The summed E-state index contributed by atoms with van der Waals surface area (Å²) >= 11 is 5.79. The number of carbonyl (C=O) groups excluding carboxylic acids is 1. The number of hydrogen-bond acceptors (Lipinski definition) is 3. The molecule has 0 unspecified atom stereocenters. The van der Waals surface area contributed by atoms with E-state index in [9.17, 15) is 9.18 Å². The Balaban J connectivity index is 2.22. The minimum atomic E-state index is -0.816. The second-order valence-electron chi connectivity index (χ2n) is 3.89. The standard InChI is InChI=1S/C13H10ClFN2O2/c14-8-3-7(4-9(16)5-8)13(19)17-10-1-2-12(18)11(15)6-10/h1-6,18H,16H2,(H,17,19). The lowest BCUT2D eigenvalue weighted by Gasteiger charge is -2.07. The van der Waals surface area contributed by atoms with Crippen molar-refractivity contribution in [3.8, 4) is 5.75 Å². The number of carbonyl (C=O) groups is 1. The maximum atomic E-state index is 13.1. The Bertz CT molecular complexity index is 626. The van der Waals surface area contributed by atoms with Crippen LogP contribution in [0.25, 0.3) is 0 Å². The van der Waals surface area contributed by atoms with Crippen LogP contribution in [0.15, 0.2) is 36.4 Å². The first kappa shape index (κ1) is 13.2. The number of anilines is 2. The number of rotatable bonds is 2. The monoisotopic (exact) mass is 280 g/mol. The summed E-state index contributed by atoms with van der Waals surface area (Å²) in [7, 11) is 0. The normalized spacial score (nSPS) is 10.2. The van der Waals surface area contributed by atoms with Gasteiger partial charge in [0, 0.05) is 28.0 Å². The molecule has 0 aliphatic rings. The van der Waals surface area contributed by atoms with Gasteiger partial charge >= 0.3 is 0 Å². The smallest absolute Gasteiger partial charge is 0.255 e. The molecule has 6 heteroatoms. The molecule has 1 amide bonds. The van der Waals surface area contributed by atoms with Crippen LogP contribution in [0.3, 0.4) is 0 Å². The molecule has 4 N–H and O–H groups in total. The number of nitrogen functional groups attached to an aromatic ring is 1. The van der Waals surface area contributed by atoms with Gasteiger partial charge in [-0.3, -0.25) is 4.79 Å². The fraction of sp³-hybridized carbons (Fsp3) is 0. The van der Waals surface area contributed by atoms with Crippen molar-refractivity contribution >= 4 is 28.9 Å². The molecule has 2 aromatic rings. The maximum absolute atomic E-state index is 13.1. The lowest BCUT2D eigenvalue weighted by atomic mass is 10.2. The Labute approximate surface area is 113 Å². The molecule has 0 aromatic heterocycles. The van der Waals surface area contributed by atoms with Gasteiger partial charge in [-0.15, -0.1) is 0 Å². The van der Waals surface area contributed by atoms with E-state index in [0.29, 0.717) is 10.7 Å². The van der Waals surface area contributed by atoms with Crippen LogP contribution in [0.4, 0.5) is 15.8 Å². The van der Waals surface area contributed by atoms with Crippen LogP contribution < -0.4 is 11.1 Å². The van der Waals surface area contributed by atoms with E-state index >= 15 is 0 Å². The summed E-state index contributed by atoms with van der Waals surface area (Å²) in [6, 6.07) is 7.96. The molecular weight excluding hydrogens is 271 g/mol. The van der Waals surface area contributed by atoms with Crippen molar-refractivity contribution in [3.63, 3.8) is 0 Å². The molecule has 2 rings (SSSR count). The van der Waals surface area contributed by atoms with Crippen molar-refractivity contribution in [1.29, 1.82) is 0 Å². The molecular formula is C13H10ClFN2O2. The second-order valence-corrected chi connectivity index (χ2v) is 4.33. The minimum absolute atomic E-state index is 0.221. The number of aromatic hydroxyl groups is 1. The van der Waals surface area contributed by atoms with E-state index in [4.69, 9.17) is 22.4 Å². The van der Waals surface area contributed by atoms with Crippen molar-refractivity contribution in [2.75, 3.05) is 11.1 Å². The van der Waals surface area contributed by atoms with Crippen molar-refractivity contribution in [2.24, 2.45) is 0 Å². The summed E-state index contributed by atoms with van der Waals surface area (Å²) in [5.74, 6) is -1.77. The zero-order valence-electron chi connectivity index (χ0n) is 9.65. The molecule has 19 heavy (non-hydrogen) atoms. The molecule has 4 nitrogen and oxygen atoms in total. The molecule has 0 spiro atoms. The largest absolute Gasteiger partial charge is 0.505 e. The second kappa shape index (κ2) is 5.16. The van der Waals surface area contributed by atoms with Crippen LogP contribution in [0.5, 0.6) is 5.75 Å². The first-order valence-corrected chi connectivity index (χ1v) is 5.69. The number of nitrogens with two attached hydrogens (primary N) is 1. The van der Waals surface area contributed by atoms with Crippen molar-refractivity contribution in [2.45, 2.75) is 0 Å². The lowest BCUT2D eigenvalue weighted by Crippen LogP contribution is -2.12. The highest BCUT2D eigenvalue weighted by molar-refractivity contribution is 6.31. The van der Waals surface area contributed by atoms with Crippen LogP contribution in [-0.2, 0) is 0 Å². The maximum Gasteiger partial charge on any atom is 0.255 e. The van der Waals surface area contributed by atoms with Gasteiger partial charge in [0.2, 0.25) is 0 Å². The van der Waals surface area contributed by atoms with E-state index in [1.807, 2.05) is 0 Å². The lowest BCUT2D eigenvalue weighted by molar-refractivity contribution is 0.102. The first-order valence-electron chi connectivity index (χ1n) is 5.31. The summed E-state index contributed by atoms with van der Waals surface area (Å²) in [5.41, 5.74) is 6.42. The fourth-order valence-electron chi connectivity index (χ4n) is 1.53. The highest BCUT2D eigenvalue weighted by Crippen LogP contribution is 2.21. The number of hydrogen-bond donors (Lipinski definition) is 3. The van der Waals surface area contributed by atoms with Crippen LogP contribution >= 0.6 is 11.6 Å². The predicted octanol–water partition coefficient (Wildman–Crippen LogP) is 3.02. The van der Waals surface area contributed by atoms with Gasteiger partial charge in [0.15, 0.2) is 11.6 Å². The zero-order chi connectivity index (χ0) is 14.0. The number of nitrogens with one attached hydrogen (secondary N) is 1. The number of amides is 1. The van der Waals surface area contributed by atoms with Gasteiger partial charge in [0.05, 0.1) is 0 Å². The van der Waals surface area contributed by atoms with E-state index in [1.54, 1.807) is 0 Å². The molecule has 0 bridgehead atoms. The van der Waals surface area contributed by atoms with Gasteiger partial charge in [-0.05, 0) is 30.3 Å². The zero-order valence-corrected chi connectivity index (χ0v) is 10.4. The van der Waals surface area contributed by atoms with Crippen LogP contribution in [0, 0.1) is 5.82 Å². The Morgan fingerprint density at radius 1 is 1.26 bits per heavy atom. The molecule has 0 radical (unpaired) electrons. The average molecular weight is 281 g/mol. The summed E-state index contributed by atoms with van der Waals surface area (Å²) < 4.78 is 13.1. The Morgan fingerprint density at radius 3 is 2.63 bits per heavy atom. The van der Waals surface area contributed by atoms with Gasteiger partial charge in [-0.2, -0.15) is 0 Å². The van der Waals surface area contributed by atoms with E-state index < -0.39 is 17.5 Å². The summed E-state index contributed by atoms with van der Waals surface area (Å²) in [5, 5.41) is 11.9. The van der Waals surface area contributed by atoms with Gasteiger partial charge in [0.1, 0.15) is 0 Å². The summed E-state index contributed by atoms with van der Waals surface area (Å²) in [6.45, 7) is 0. The third-order valence-corrected chi connectivity index (χ3v) is 2.61. The number of phenols is 1. The van der Waals surface area contributed by atoms with Crippen LogP contribution in [0.1, 0.15) is 10.4 Å². The molecule has 0 saturated heterocycles. The van der Waals surface area contributed by atoms with Crippen molar-refractivity contribution in [1.82, 2.24) is 0 Å². The quantitative estimate of drug-likeness (QED) is 0.585. The molecule has 0 aliphatic heterocycles. The first-order chi connectivity index (χ1) is 8.95. The molecule has 0 heterocycles. The van der Waals surface area contributed by atoms with E-state index in [-0.39, 0.29) is 11.3 Å². The van der Waals surface area contributed by atoms with Gasteiger partial charge in [-0.1, -0.05) is 11.6 Å². The van der Waals surface area contributed by atoms with Gasteiger partial charge < -0.3 is 16.2 Å². The van der Waals surface area contributed by atoms with Gasteiger partial charge in [0.25, 0.3) is 5.91 Å². The Hall–Kier alpha value is -2.27. The van der Waals surface area contributed by atoms with Crippen molar-refractivity contribution in [3.05, 3.63) is 52.8 Å². The molecule has 0 atom stereocenters. The van der Waals surface area contributed by atoms with Crippen LogP contribution in [-0.4, -0.2) is 11.0 Å². The van der Waals surface area contributed by atoms with E-state index in [0.717, 1.165) is 12.1 Å². The Morgan fingerprint density at radius 2 is 2.00 bits per heavy atom. The van der Waals surface area contributed by atoms with E-state index in [1.165, 1.54) is 24.3 Å². The average Bonchev–Trinajstić information content (AvgIpc) is 2.32. The molecule has 0 saturated carbocycles. The summed E-state index contributed by atoms with van der Waals surface area (Å²) in [4.78, 5) is 11.9. The van der Waals surface area contributed by atoms with E-state index in [2.05, 4.69) is 5.32 Å². The molecule has 0 fully saturated rings. The van der Waals surface area contributed by atoms with Gasteiger partial charge in [-0.25, -0.2) is 4.39 Å². The van der Waals surface area contributed by atoms with Crippen molar-refractivity contribution < 1.29 is 14.3 Å². The van der Waals surface area contributed by atoms with Crippen LogP contribution in [0.2, 0.25) is 5.02 Å². The topological polar surface area (TPSA) is 75.4 Å². The number of halogens is 2. The molecule has 98 valence electrons. The highest BCUT2D eigenvalue weighted by atomic mass is 35.5. The minimum Gasteiger partial charge on any atom is -0.505 e. The molecule has 2 aromatic carbocycles. The fourth-order valence-corrected chi connectivity index (χ4v) is 1.77. The SMILES string of the molecule is Nc1cc(Cl)cc(C(=O)Nc2ccc(O)c(F)c2)c1. The predicted molar refractivity (Wildman–Crippen MR) is 71.9 cm³/mol.